The van der Waals surface area contributed by atoms with Crippen LogP contribution in [0.2, 0.25) is 5.02 Å². The largest absolute Gasteiger partial charge is 0.497 e. The maximum absolute atomic E-state index is 12.7. The zero-order chi connectivity index (χ0) is 26.5. The Balaban J connectivity index is 1.83. The van der Waals surface area contributed by atoms with Crippen LogP contribution in [0.3, 0.4) is 0 Å². The number of fused-ring (bicyclic) bond motifs is 1. The molecule has 0 fully saturated rings. The van der Waals surface area contributed by atoms with Crippen molar-refractivity contribution in [3.63, 3.8) is 0 Å². The van der Waals surface area contributed by atoms with Crippen molar-refractivity contribution in [2.45, 2.75) is 13.0 Å². The van der Waals surface area contributed by atoms with Gasteiger partial charge in [-0.3, -0.25) is 9.35 Å². The fraction of sp³-hybridized carbons (Fsp3) is 0.160. The molecule has 0 aliphatic carbocycles. The number of methoxy groups -OCH3 is 1. The second-order valence-corrected chi connectivity index (χ2v) is 9.16. The third-order valence-corrected chi connectivity index (χ3v) is 6.53. The Labute approximate surface area is 221 Å². The summed E-state index contributed by atoms with van der Waals surface area (Å²) in [5.74, 6) is 0.570. The number of carbonyl (C=O) groups is 1. The van der Waals surface area contributed by atoms with E-state index in [0.717, 1.165) is 4.31 Å². The van der Waals surface area contributed by atoms with E-state index in [1.54, 1.807) is 74.6 Å². The molecule has 37 heavy (non-hydrogen) atoms. The van der Waals surface area contributed by atoms with Gasteiger partial charge in [0.15, 0.2) is 11.6 Å². The third kappa shape index (κ3) is 5.97. The molecule has 10 nitrogen and oxygen atoms in total. The number of anilines is 5. The van der Waals surface area contributed by atoms with E-state index in [9.17, 15) is 13.6 Å². The second-order valence-electron chi connectivity index (χ2n) is 7.93. The van der Waals surface area contributed by atoms with E-state index in [4.69, 9.17) is 16.3 Å². The number of benzene rings is 3. The predicted octanol–water partition coefficient (Wildman–Crippen LogP) is 4.86. The summed E-state index contributed by atoms with van der Waals surface area (Å²) in [6.07, 6.45) is 0. The van der Waals surface area contributed by atoms with Gasteiger partial charge >= 0.3 is 0 Å². The standard InChI is InChI=1S/C25H25ClN6O4S/c1-15(27-2)25(33)28-16-7-6-8-17(13-16)32(37(34)35)24-23(29-20-9-4-5-10-21(20)31-24)30-22-14-18(36-3)11-12-19(22)26/h4-15,27H,1-3H3,(H,28,33)(H,29,30)(H,34,35)/t15-/m0/s1. The van der Waals surface area contributed by atoms with Crippen molar-refractivity contribution in [3.05, 3.63) is 71.8 Å². The molecule has 1 unspecified atom stereocenters. The molecule has 0 aliphatic heterocycles. The average Bonchev–Trinajstić information content (AvgIpc) is 2.89. The maximum Gasteiger partial charge on any atom is 0.268 e. The molecular formula is C25H25ClN6O4S. The van der Waals surface area contributed by atoms with Crippen LogP contribution in [0.5, 0.6) is 5.75 Å². The van der Waals surface area contributed by atoms with Gasteiger partial charge in [0.1, 0.15) is 5.75 Å². The van der Waals surface area contributed by atoms with Crippen LogP contribution in [0, 0.1) is 0 Å². The van der Waals surface area contributed by atoms with E-state index in [2.05, 4.69) is 25.9 Å². The minimum atomic E-state index is -2.55. The van der Waals surface area contributed by atoms with Crippen LogP contribution in [-0.2, 0) is 16.1 Å². The Morgan fingerprint density at radius 3 is 2.49 bits per heavy atom. The normalized spacial score (nSPS) is 12.6. The molecular weight excluding hydrogens is 516 g/mol. The molecule has 4 aromatic rings. The number of ether oxygens (including phenoxy) is 1. The molecule has 0 radical (unpaired) electrons. The SMILES string of the molecule is CN[C@@H](C)C(=O)Nc1cccc(N(c2nc3ccccc3nc2Nc2cc(OC)ccc2Cl)S(=O)O)c1. The smallest absolute Gasteiger partial charge is 0.268 e. The fourth-order valence-corrected chi connectivity index (χ4v) is 4.18. The molecule has 0 aliphatic rings. The Morgan fingerprint density at radius 1 is 1.08 bits per heavy atom. The number of amides is 1. The number of hydrogen-bond acceptors (Lipinski definition) is 7. The summed E-state index contributed by atoms with van der Waals surface area (Å²) in [4.78, 5) is 21.7. The van der Waals surface area contributed by atoms with E-state index < -0.39 is 17.3 Å². The summed E-state index contributed by atoms with van der Waals surface area (Å²) < 4.78 is 29.5. The number of halogens is 1. The summed E-state index contributed by atoms with van der Waals surface area (Å²) in [5, 5.41) is 9.18. The van der Waals surface area contributed by atoms with Crippen molar-refractivity contribution in [3.8, 4) is 5.75 Å². The van der Waals surface area contributed by atoms with Crippen LogP contribution in [0.1, 0.15) is 6.92 Å². The number of nitrogens with zero attached hydrogens (tertiary/aromatic N) is 3. The number of carbonyl (C=O) groups excluding carboxylic acids is 1. The lowest BCUT2D eigenvalue weighted by Crippen LogP contribution is -2.35. The lowest BCUT2D eigenvalue weighted by Gasteiger charge is -2.23. The summed E-state index contributed by atoms with van der Waals surface area (Å²) in [7, 11) is 3.22. The van der Waals surface area contributed by atoms with E-state index in [1.165, 1.54) is 7.11 Å². The van der Waals surface area contributed by atoms with Crippen molar-refractivity contribution in [2.75, 3.05) is 29.1 Å². The molecule has 2 atom stereocenters. The monoisotopic (exact) mass is 540 g/mol. The van der Waals surface area contributed by atoms with Gasteiger partial charge in [-0.15, -0.1) is 0 Å². The minimum Gasteiger partial charge on any atom is -0.497 e. The third-order valence-electron chi connectivity index (χ3n) is 5.50. The van der Waals surface area contributed by atoms with Crippen molar-refractivity contribution in [1.29, 1.82) is 0 Å². The minimum absolute atomic E-state index is 0.0745. The lowest BCUT2D eigenvalue weighted by atomic mass is 10.2. The molecule has 12 heteroatoms. The van der Waals surface area contributed by atoms with Gasteiger partial charge in [0, 0.05) is 11.8 Å². The van der Waals surface area contributed by atoms with Crippen LogP contribution >= 0.6 is 11.6 Å². The topological polar surface area (TPSA) is 129 Å². The van der Waals surface area contributed by atoms with Gasteiger partial charge in [0.25, 0.3) is 11.3 Å². The second kappa shape index (κ2) is 11.5. The van der Waals surface area contributed by atoms with E-state index in [-0.39, 0.29) is 17.5 Å². The van der Waals surface area contributed by atoms with Crippen LogP contribution < -0.4 is 25.0 Å². The number of likely N-dealkylation sites (N-methyl/N-ethyl adjacent to an activating group) is 1. The van der Waals surface area contributed by atoms with Crippen molar-refractivity contribution < 1.29 is 18.3 Å². The molecule has 1 heterocycles. The molecule has 192 valence electrons. The van der Waals surface area contributed by atoms with Gasteiger partial charge in [0.2, 0.25) is 5.91 Å². The molecule has 0 spiro atoms. The molecule has 0 bridgehead atoms. The Hall–Kier alpha value is -3.77. The summed E-state index contributed by atoms with van der Waals surface area (Å²) in [5.41, 5.74) is 2.30. The van der Waals surface area contributed by atoms with Gasteiger partial charge in [-0.25, -0.2) is 18.5 Å². The molecule has 0 saturated heterocycles. The van der Waals surface area contributed by atoms with Gasteiger partial charge in [-0.05, 0) is 56.4 Å². The zero-order valence-electron chi connectivity index (χ0n) is 20.2. The zero-order valence-corrected chi connectivity index (χ0v) is 21.8. The fourth-order valence-electron chi connectivity index (χ4n) is 3.45. The van der Waals surface area contributed by atoms with Gasteiger partial charge in [-0.2, -0.15) is 0 Å². The molecule has 0 saturated carbocycles. The van der Waals surface area contributed by atoms with Gasteiger partial charge in [0.05, 0.1) is 40.6 Å². The maximum atomic E-state index is 12.7. The Kier molecular flexibility index (Phi) is 8.19. The number of nitrogens with one attached hydrogen (secondary N) is 3. The lowest BCUT2D eigenvalue weighted by molar-refractivity contribution is -0.117. The Morgan fingerprint density at radius 2 is 1.81 bits per heavy atom. The molecule has 4 N–H and O–H groups in total. The van der Waals surface area contributed by atoms with Crippen molar-refractivity contribution in [2.24, 2.45) is 0 Å². The average molecular weight is 541 g/mol. The summed E-state index contributed by atoms with van der Waals surface area (Å²) in [6.45, 7) is 1.72. The Bertz CT molecular complexity index is 1470. The van der Waals surface area contributed by atoms with E-state index in [0.29, 0.717) is 38.9 Å². The quantitative estimate of drug-likeness (QED) is 0.222. The van der Waals surface area contributed by atoms with Crippen LogP contribution in [0.15, 0.2) is 66.7 Å². The highest BCUT2D eigenvalue weighted by Crippen LogP contribution is 2.37. The highest BCUT2D eigenvalue weighted by molar-refractivity contribution is 7.81. The molecule has 1 aromatic heterocycles. The van der Waals surface area contributed by atoms with Crippen molar-refractivity contribution >= 4 is 68.5 Å². The van der Waals surface area contributed by atoms with Gasteiger partial charge < -0.3 is 20.7 Å². The van der Waals surface area contributed by atoms with E-state index >= 15 is 0 Å². The molecule has 1 amide bonds. The first-order valence-electron chi connectivity index (χ1n) is 11.2. The molecule has 4 rings (SSSR count). The first-order valence-corrected chi connectivity index (χ1v) is 12.6. The predicted molar refractivity (Wildman–Crippen MR) is 147 cm³/mol. The van der Waals surface area contributed by atoms with Gasteiger partial charge in [-0.1, -0.05) is 29.8 Å². The van der Waals surface area contributed by atoms with Crippen LogP contribution in [0.4, 0.5) is 28.7 Å². The van der Waals surface area contributed by atoms with Crippen LogP contribution in [0.25, 0.3) is 11.0 Å². The summed E-state index contributed by atoms with van der Waals surface area (Å²) in [6, 6.07) is 18.3. The molecule has 3 aromatic carbocycles. The first-order chi connectivity index (χ1) is 17.8. The summed E-state index contributed by atoms with van der Waals surface area (Å²) >= 11 is 3.85. The van der Waals surface area contributed by atoms with Crippen molar-refractivity contribution in [1.82, 2.24) is 15.3 Å². The number of aromatic nitrogens is 2. The highest BCUT2D eigenvalue weighted by atomic mass is 35.5. The highest BCUT2D eigenvalue weighted by Gasteiger charge is 2.24. The first kappa shape index (κ1) is 26.3. The number of hydrogen-bond donors (Lipinski definition) is 4. The number of para-hydroxylation sites is 2. The van der Waals surface area contributed by atoms with E-state index in [1.807, 2.05) is 6.07 Å². The number of rotatable bonds is 9. The van der Waals surface area contributed by atoms with Crippen LogP contribution in [-0.4, -0.2) is 44.8 Å².